The Balaban J connectivity index is 2.06. The lowest BCUT2D eigenvalue weighted by atomic mass is 10.2. The summed E-state index contributed by atoms with van der Waals surface area (Å²) in [6, 6.07) is 6.81. The highest BCUT2D eigenvalue weighted by Gasteiger charge is 2.30. The van der Waals surface area contributed by atoms with Gasteiger partial charge >= 0.3 is 5.97 Å². The number of halogens is 1. The number of pyridine rings is 1. The van der Waals surface area contributed by atoms with Crippen molar-refractivity contribution in [2.24, 2.45) is 0 Å². The van der Waals surface area contributed by atoms with Crippen molar-refractivity contribution in [3.63, 3.8) is 0 Å². The first-order valence-corrected chi connectivity index (χ1v) is 10.2. The highest BCUT2D eigenvalue weighted by Crippen LogP contribution is 2.26. The number of hydrogen-bond acceptors (Lipinski definition) is 6. The molecule has 0 radical (unpaired) electrons. The number of esters is 1. The standard InChI is InChI=1S/C19H21FN4O4S/c1-13-5-6-14(9-16(13)20)24(11-18(25)28-19(2,3)4)29(26,27)15-7-8-17-22-21-12-23(17)10-15/h5-10,12H,11H2,1-4H3. The minimum absolute atomic E-state index is 0.0165. The summed E-state index contributed by atoms with van der Waals surface area (Å²) < 4.78 is 48.4. The highest BCUT2D eigenvalue weighted by atomic mass is 32.2. The minimum Gasteiger partial charge on any atom is -0.459 e. The summed E-state index contributed by atoms with van der Waals surface area (Å²) in [5.74, 6) is -1.34. The molecular weight excluding hydrogens is 399 g/mol. The number of ether oxygens (including phenoxy) is 1. The lowest BCUT2D eigenvalue weighted by Crippen LogP contribution is -2.39. The zero-order valence-corrected chi connectivity index (χ0v) is 17.3. The number of benzene rings is 1. The second kappa shape index (κ2) is 7.43. The molecule has 8 nitrogen and oxygen atoms in total. The van der Waals surface area contributed by atoms with E-state index in [0.29, 0.717) is 11.2 Å². The summed E-state index contributed by atoms with van der Waals surface area (Å²) in [6.45, 7) is 5.98. The maximum atomic E-state index is 14.1. The van der Waals surface area contributed by atoms with E-state index in [1.165, 1.54) is 41.2 Å². The molecule has 0 unspecified atom stereocenters. The van der Waals surface area contributed by atoms with Crippen LogP contribution in [0.3, 0.4) is 0 Å². The average molecular weight is 420 g/mol. The van der Waals surface area contributed by atoms with Crippen LogP contribution in [0.15, 0.2) is 47.8 Å². The van der Waals surface area contributed by atoms with Crippen LogP contribution in [0, 0.1) is 12.7 Å². The van der Waals surface area contributed by atoms with Crippen LogP contribution in [0.4, 0.5) is 10.1 Å². The van der Waals surface area contributed by atoms with Crippen molar-refractivity contribution in [1.82, 2.24) is 14.6 Å². The molecule has 0 bridgehead atoms. The van der Waals surface area contributed by atoms with Crippen molar-refractivity contribution in [1.29, 1.82) is 0 Å². The Labute approximate surface area is 168 Å². The molecule has 0 saturated heterocycles. The Bertz CT molecular complexity index is 1170. The van der Waals surface area contributed by atoms with Crippen LogP contribution in [0.1, 0.15) is 26.3 Å². The first kappa shape index (κ1) is 20.7. The average Bonchev–Trinajstić information content (AvgIpc) is 3.08. The first-order valence-electron chi connectivity index (χ1n) is 8.77. The molecular formula is C19H21FN4O4S. The van der Waals surface area contributed by atoms with Gasteiger partial charge in [-0.25, -0.2) is 12.8 Å². The molecule has 3 rings (SSSR count). The summed E-state index contributed by atoms with van der Waals surface area (Å²) in [5.41, 5.74) is 0.0352. The van der Waals surface area contributed by atoms with Crippen molar-refractivity contribution in [2.45, 2.75) is 38.2 Å². The number of anilines is 1. The smallest absolute Gasteiger partial charge is 0.327 e. The third kappa shape index (κ3) is 4.53. The van der Waals surface area contributed by atoms with Crippen molar-refractivity contribution in [3.05, 3.63) is 54.2 Å². The molecule has 154 valence electrons. The number of fused-ring (bicyclic) bond motifs is 1. The second-order valence-corrected chi connectivity index (χ2v) is 9.36. The van der Waals surface area contributed by atoms with E-state index >= 15 is 0 Å². The number of nitrogens with zero attached hydrogens (tertiary/aromatic N) is 4. The predicted octanol–water partition coefficient (Wildman–Crippen LogP) is 2.71. The maximum absolute atomic E-state index is 14.1. The van der Waals surface area contributed by atoms with Gasteiger partial charge in [-0.15, -0.1) is 10.2 Å². The van der Waals surface area contributed by atoms with Crippen LogP contribution in [-0.2, 0) is 19.6 Å². The molecule has 10 heteroatoms. The van der Waals surface area contributed by atoms with Crippen LogP contribution >= 0.6 is 0 Å². The van der Waals surface area contributed by atoms with Gasteiger partial charge in [0.1, 0.15) is 29.2 Å². The number of aryl methyl sites for hydroxylation is 1. The highest BCUT2D eigenvalue weighted by molar-refractivity contribution is 7.92. The fourth-order valence-corrected chi connectivity index (χ4v) is 4.04. The molecule has 0 atom stereocenters. The number of carbonyl (C=O) groups is 1. The van der Waals surface area contributed by atoms with E-state index in [2.05, 4.69) is 10.2 Å². The predicted molar refractivity (Wildman–Crippen MR) is 105 cm³/mol. The molecule has 0 fully saturated rings. The van der Waals surface area contributed by atoms with Gasteiger partial charge in [-0.1, -0.05) is 6.07 Å². The second-order valence-electron chi connectivity index (χ2n) is 7.49. The third-order valence-corrected chi connectivity index (χ3v) is 5.75. The Morgan fingerprint density at radius 3 is 2.62 bits per heavy atom. The zero-order chi connectivity index (χ0) is 21.4. The van der Waals surface area contributed by atoms with Crippen LogP contribution < -0.4 is 4.31 Å². The van der Waals surface area contributed by atoms with Crippen molar-refractivity contribution < 1.29 is 22.3 Å². The number of hydrogen-bond donors (Lipinski definition) is 0. The van der Waals surface area contributed by atoms with Crippen molar-refractivity contribution in [3.8, 4) is 0 Å². The van der Waals surface area contributed by atoms with Crippen LogP contribution in [0.5, 0.6) is 0 Å². The fourth-order valence-electron chi connectivity index (χ4n) is 2.63. The molecule has 29 heavy (non-hydrogen) atoms. The molecule has 2 aromatic heterocycles. The Morgan fingerprint density at radius 2 is 1.97 bits per heavy atom. The molecule has 0 spiro atoms. The normalized spacial score (nSPS) is 12.2. The summed E-state index contributed by atoms with van der Waals surface area (Å²) in [7, 11) is -4.21. The summed E-state index contributed by atoms with van der Waals surface area (Å²) in [5, 5.41) is 7.55. The molecule has 1 aromatic carbocycles. The maximum Gasteiger partial charge on any atom is 0.327 e. The molecule has 0 amide bonds. The van der Waals surface area contributed by atoms with E-state index in [4.69, 9.17) is 4.74 Å². The van der Waals surface area contributed by atoms with Gasteiger partial charge in [-0.05, 0) is 57.5 Å². The zero-order valence-electron chi connectivity index (χ0n) is 16.5. The number of aromatic nitrogens is 3. The van der Waals surface area contributed by atoms with E-state index in [9.17, 15) is 17.6 Å². The monoisotopic (exact) mass is 420 g/mol. The van der Waals surface area contributed by atoms with Crippen molar-refractivity contribution >= 4 is 27.3 Å². The molecule has 0 N–H and O–H groups in total. The van der Waals surface area contributed by atoms with Gasteiger partial charge in [0.05, 0.1) is 5.69 Å². The van der Waals surface area contributed by atoms with Gasteiger partial charge in [0.25, 0.3) is 10.0 Å². The van der Waals surface area contributed by atoms with E-state index in [0.717, 1.165) is 10.4 Å². The quantitative estimate of drug-likeness (QED) is 0.589. The molecule has 0 aliphatic rings. The van der Waals surface area contributed by atoms with Crippen molar-refractivity contribution in [2.75, 3.05) is 10.8 Å². The van der Waals surface area contributed by atoms with E-state index in [1.807, 2.05) is 0 Å². The van der Waals surface area contributed by atoms with Gasteiger partial charge in [0.15, 0.2) is 5.65 Å². The lowest BCUT2D eigenvalue weighted by molar-refractivity contribution is -0.152. The summed E-state index contributed by atoms with van der Waals surface area (Å²) >= 11 is 0. The third-order valence-electron chi connectivity index (χ3n) is 3.99. The molecule has 3 aromatic rings. The molecule has 0 aliphatic heterocycles. The Morgan fingerprint density at radius 1 is 1.24 bits per heavy atom. The minimum atomic E-state index is -4.21. The SMILES string of the molecule is Cc1ccc(N(CC(=O)OC(C)(C)C)S(=O)(=O)c2ccc3nncn3c2)cc1F. The number of carbonyl (C=O) groups excluding carboxylic acids is 1. The first-order chi connectivity index (χ1) is 13.5. The van der Waals surface area contributed by atoms with Gasteiger partial charge < -0.3 is 4.74 Å². The molecule has 2 heterocycles. The summed E-state index contributed by atoms with van der Waals surface area (Å²) in [6.07, 6.45) is 2.69. The number of rotatable bonds is 5. The fraction of sp³-hybridized carbons (Fsp3) is 0.316. The number of sulfonamides is 1. The van der Waals surface area contributed by atoms with Crippen LogP contribution in [0.25, 0.3) is 5.65 Å². The van der Waals surface area contributed by atoms with E-state index in [-0.39, 0.29) is 10.6 Å². The van der Waals surface area contributed by atoms with Gasteiger partial charge in [0.2, 0.25) is 0 Å². The largest absolute Gasteiger partial charge is 0.459 e. The summed E-state index contributed by atoms with van der Waals surface area (Å²) in [4.78, 5) is 12.3. The van der Waals surface area contributed by atoms with Gasteiger partial charge in [0, 0.05) is 6.20 Å². The Hall–Kier alpha value is -3.01. The molecule has 0 saturated carbocycles. The van der Waals surface area contributed by atoms with Gasteiger partial charge in [-0.2, -0.15) is 0 Å². The van der Waals surface area contributed by atoms with Crippen LogP contribution in [0.2, 0.25) is 0 Å². The Kier molecular flexibility index (Phi) is 5.31. The van der Waals surface area contributed by atoms with Crippen LogP contribution in [-0.4, -0.2) is 41.1 Å². The van der Waals surface area contributed by atoms with E-state index in [1.54, 1.807) is 27.7 Å². The van der Waals surface area contributed by atoms with E-state index < -0.39 is 34.0 Å². The molecule has 0 aliphatic carbocycles. The lowest BCUT2D eigenvalue weighted by Gasteiger charge is -2.26. The van der Waals surface area contributed by atoms with Gasteiger partial charge in [-0.3, -0.25) is 13.5 Å². The topological polar surface area (TPSA) is 93.9 Å².